The van der Waals surface area contributed by atoms with Crippen LogP contribution < -0.4 is 9.64 Å². The van der Waals surface area contributed by atoms with Gasteiger partial charge in [-0.05, 0) is 35.9 Å². The molecule has 0 aliphatic carbocycles. The fourth-order valence-corrected chi connectivity index (χ4v) is 2.62. The molecule has 1 aliphatic rings. The summed E-state index contributed by atoms with van der Waals surface area (Å²) >= 11 is 0. The lowest BCUT2D eigenvalue weighted by atomic mass is 10.1. The number of amides is 1. The third kappa shape index (κ3) is 4.09. The second-order valence-electron chi connectivity index (χ2n) is 5.67. The molecule has 0 saturated heterocycles. The van der Waals surface area contributed by atoms with E-state index in [0.717, 1.165) is 16.8 Å². The highest BCUT2D eigenvalue weighted by molar-refractivity contribution is 6.54. The minimum atomic E-state index is -1.04. The summed E-state index contributed by atoms with van der Waals surface area (Å²) in [5, 5.41) is 16.7. The molecule has 136 valence electrons. The molecular formula is C20H17N3O4. The third-order valence-corrected chi connectivity index (χ3v) is 3.82. The molecule has 7 heteroatoms. The molecule has 0 radical (unpaired) electrons. The van der Waals surface area contributed by atoms with Crippen molar-refractivity contribution < 1.29 is 19.4 Å². The van der Waals surface area contributed by atoms with Crippen molar-refractivity contribution in [3.05, 3.63) is 72.3 Å². The molecule has 1 amide bonds. The smallest absolute Gasteiger partial charge is 0.341 e. The first kappa shape index (κ1) is 18.1. The molecule has 2 aromatic carbocycles. The number of hydrogen-bond acceptors (Lipinski definition) is 5. The minimum Gasteiger partial charge on any atom is -0.482 e. The maximum atomic E-state index is 12.6. The van der Waals surface area contributed by atoms with E-state index in [1.54, 1.807) is 35.2 Å². The van der Waals surface area contributed by atoms with Gasteiger partial charge in [-0.3, -0.25) is 4.79 Å². The number of anilines is 1. The maximum Gasteiger partial charge on any atom is 0.341 e. The highest BCUT2D eigenvalue weighted by Crippen LogP contribution is 2.29. The van der Waals surface area contributed by atoms with Crippen LogP contribution in [0.5, 0.6) is 5.75 Å². The Morgan fingerprint density at radius 1 is 1.19 bits per heavy atom. The van der Waals surface area contributed by atoms with Crippen LogP contribution in [-0.4, -0.2) is 42.1 Å². The predicted molar refractivity (Wildman–Crippen MR) is 103 cm³/mol. The van der Waals surface area contributed by atoms with Gasteiger partial charge in [-0.2, -0.15) is 5.10 Å². The Morgan fingerprint density at radius 3 is 2.63 bits per heavy atom. The van der Waals surface area contributed by atoms with E-state index in [1.165, 1.54) is 6.21 Å². The topological polar surface area (TPSA) is 91.6 Å². The molecule has 0 fully saturated rings. The number of rotatable bonds is 7. The van der Waals surface area contributed by atoms with Gasteiger partial charge in [0.2, 0.25) is 0 Å². The molecule has 3 rings (SSSR count). The molecule has 1 heterocycles. The first-order chi connectivity index (χ1) is 13.1. The van der Waals surface area contributed by atoms with Crippen molar-refractivity contribution in [1.82, 2.24) is 0 Å². The van der Waals surface area contributed by atoms with Gasteiger partial charge in [0.25, 0.3) is 5.91 Å². The van der Waals surface area contributed by atoms with Crippen LogP contribution in [0.25, 0.3) is 0 Å². The third-order valence-electron chi connectivity index (χ3n) is 3.82. The molecule has 0 unspecified atom stereocenters. The molecular weight excluding hydrogens is 346 g/mol. The zero-order valence-electron chi connectivity index (χ0n) is 14.4. The number of nitrogens with zero attached hydrogens (tertiary/aromatic N) is 3. The molecule has 0 saturated carbocycles. The summed E-state index contributed by atoms with van der Waals surface area (Å²) in [5.74, 6) is -0.810. The van der Waals surface area contributed by atoms with Crippen LogP contribution in [0.2, 0.25) is 0 Å². The van der Waals surface area contributed by atoms with Crippen LogP contribution in [0.3, 0.4) is 0 Å². The van der Waals surface area contributed by atoms with Crippen molar-refractivity contribution >= 4 is 29.5 Å². The van der Waals surface area contributed by atoms with E-state index in [1.807, 2.05) is 24.3 Å². The quantitative estimate of drug-likeness (QED) is 0.465. The number of aliphatic carboxylic acids is 1. The normalized spacial score (nSPS) is 14.6. The number of ether oxygens (including phenoxy) is 1. The molecule has 27 heavy (non-hydrogen) atoms. The van der Waals surface area contributed by atoms with E-state index in [9.17, 15) is 9.59 Å². The van der Waals surface area contributed by atoms with E-state index in [0.29, 0.717) is 12.3 Å². The van der Waals surface area contributed by atoms with E-state index in [-0.39, 0.29) is 11.6 Å². The van der Waals surface area contributed by atoms with Crippen molar-refractivity contribution in [2.24, 2.45) is 10.2 Å². The fourth-order valence-electron chi connectivity index (χ4n) is 2.62. The molecule has 2 aromatic rings. The number of carbonyl (C=O) groups excluding carboxylic acids is 1. The SMILES string of the molecule is C=CCN1C(=O)C(=NN=Cc2ccc(OCC(=O)O)cc2)c2ccccc21. The van der Waals surface area contributed by atoms with Crippen LogP contribution in [-0.2, 0) is 9.59 Å². The number of benzene rings is 2. The standard InChI is InChI=1S/C20H17N3O4/c1-2-11-23-17-6-4-3-5-16(17)19(20(23)26)22-21-12-14-7-9-15(10-8-14)27-13-18(24)25/h2-10,12H,1,11,13H2,(H,24,25). The molecule has 1 aliphatic heterocycles. The van der Waals surface area contributed by atoms with Gasteiger partial charge in [-0.15, -0.1) is 11.7 Å². The van der Waals surface area contributed by atoms with E-state index in [4.69, 9.17) is 9.84 Å². The van der Waals surface area contributed by atoms with Crippen LogP contribution in [0, 0.1) is 0 Å². The Balaban J connectivity index is 1.76. The monoisotopic (exact) mass is 363 g/mol. The van der Waals surface area contributed by atoms with E-state index >= 15 is 0 Å². The zero-order valence-corrected chi connectivity index (χ0v) is 14.4. The van der Waals surface area contributed by atoms with Crippen molar-refractivity contribution in [3.63, 3.8) is 0 Å². The van der Waals surface area contributed by atoms with Crippen LogP contribution in [0.1, 0.15) is 11.1 Å². The van der Waals surface area contributed by atoms with E-state index < -0.39 is 12.6 Å². The lowest BCUT2D eigenvalue weighted by Gasteiger charge is -2.13. The second-order valence-corrected chi connectivity index (χ2v) is 5.67. The molecule has 0 spiro atoms. The second kappa shape index (κ2) is 8.09. The molecule has 7 nitrogen and oxygen atoms in total. The lowest BCUT2D eigenvalue weighted by molar-refractivity contribution is -0.139. The van der Waals surface area contributed by atoms with Gasteiger partial charge in [-0.1, -0.05) is 24.3 Å². The van der Waals surface area contributed by atoms with Gasteiger partial charge in [0.15, 0.2) is 12.3 Å². The molecule has 0 aromatic heterocycles. The van der Waals surface area contributed by atoms with Crippen molar-refractivity contribution in [2.45, 2.75) is 0 Å². The summed E-state index contributed by atoms with van der Waals surface area (Å²) in [6.45, 7) is 3.68. The zero-order chi connectivity index (χ0) is 19.2. The van der Waals surface area contributed by atoms with Gasteiger partial charge < -0.3 is 14.7 Å². The average molecular weight is 363 g/mol. The maximum absolute atomic E-state index is 12.6. The fraction of sp³-hybridized carbons (Fsp3) is 0.100. The summed E-state index contributed by atoms with van der Waals surface area (Å²) in [7, 11) is 0. The summed E-state index contributed by atoms with van der Waals surface area (Å²) in [6.07, 6.45) is 3.18. The molecule has 0 bridgehead atoms. The van der Waals surface area contributed by atoms with Gasteiger partial charge in [0, 0.05) is 12.1 Å². The first-order valence-corrected chi connectivity index (χ1v) is 8.18. The Bertz CT molecular complexity index is 932. The lowest BCUT2D eigenvalue weighted by Crippen LogP contribution is -2.30. The molecule has 0 atom stereocenters. The van der Waals surface area contributed by atoms with Crippen LogP contribution in [0.4, 0.5) is 5.69 Å². The summed E-state index contributed by atoms with van der Waals surface area (Å²) in [4.78, 5) is 24.7. The van der Waals surface area contributed by atoms with Crippen LogP contribution in [0.15, 0.2) is 71.4 Å². The Labute approximate surface area is 155 Å². The van der Waals surface area contributed by atoms with Gasteiger partial charge in [-0.25, -0.2) is 4.79 Å². The Hall–Kier alpha value is -3.74. The molecule has 1 N–H and O–H groups in total. The Morgan fingerprint density at radius 2 is 1.93 bits per heavy atom. The summed E-state index contributed by atoms with van der Waals surface area (Å²) < 4.78 is 5.07. The van der Waals surface area contributed by atoms with Crippen molar-refractivity contribution in [3.8, 4) is 5.75 Å². The van der Waals surface area contributed by atoms with Gasteiger partial charge >= 0.3 is 5.97 Å². The number of hydrogen-bond donors (Lipinski definition) is 1. The summed E-state index contributed by atoms with van der Waals surface area (Å²) in [5.41, 5.74) is 2.55. The van der Waals surface area contributed by atoms with Gasteiger partial charge in [0.05, 0.1) is 11.9 Å². The number of carboxylic acid groups (broad SMARTS) is 1. The number of carbonyl (C=O) groups is 2. The number of para-hydroxylation sites is 1. The number of fused-ring (bicyclic) bond motifs is 1. The average Bonchev–Trinajstić information content (AvgIpc) is 2.93. The Kier molecular flexibility index (Phi) is 5.41. The first-order valence-electron chi connectivity index (χ1n) is 8.18. The highest BCUT2D eigenvalue weighted by Gasteiger charge is 2.32. The van der Waals surface area contributed by atoms with Gasteiger partial charge in [0.1, 0.15) is 5.75 Å². The highest BCUT2D eigenvalue weighted by atomic mass is 16.5. The number of carboxylic acids is 1. The predicted octanol–water partition coefficient (Wildman–Crippen LogP) is 2.51. The van der Waals surface area contributed by atoms with Crippen LogP contribution >= 0.6 is 0 Å². The largest absolute Gasteiger partial charge is 0.482 e. The minimum absolute atomic E-state index is 0.217. The van der Waals surface area contributed by atoms with Crippen molar-refractivity contribution in [2.75, 3.05) is 18.1 Å². The van der Waals surface area contributed by atoms with E-state index in [2.05, 4.69) is 16.8 Å². The van der Waals surface area contributed by atoms with Crippen molar-refractivity contribution in [1.29, 1.82) is 0 Å². The summed E-state index contributed by atoms with van der Waals surface area (Å²) in [6, 6.07) is 14.1.